The van der Waals surface area contributed by atoms with Gasteiger partial charge in [0, 0.05) is 13.5 Å². The van der Waals surface area contributed by atoms with Crippen LogP contribution in [-0.2, 0) is 20.8 Å². The first kappa shape index (κ1) is 16.6. The molecule has 0 aliphatic rings. The number of carboxylic acids is 1. The van der Waals surface area contributed by atoms with E-state index in [1.807, 2.05) is 30.3 Å². The number of rotatable bonds is 7. The summed E-state index contributed by atoms with van der Waals surface area (Å²) in [7, 11) is 1.39. The Morgan fingerprint density at radius 3 is 2.29 bits per heavy atom. The van der Waals surface area contributed by atoms with Gasteiger partial charge >= 0.3 is 5.97 Å². The molecule has 0 unspecified atom stereocenters. The molecule has 5 N–H and O–H groups in total. The lowest BCUT2D eigenvalue weighted by atomic mass is 10.0. The molecule has 7 heteroatoms. The van der Waals surface area contributed by atoms with Crippen LogP contribution < -0.4 is 11.5 Å². The Bertz CT molecular complexity index is 518. The summed E-state index contributed by atoms with van der Waals surface area (Å²) in [6, 6.07) is 7.00. The van der Waals surface area contributed by atoms with E-state index in [-0.39, 0.29) is 6.42 Å². The van der Waals surface area contributed by atoms with Crippen molar-refractivity contribution in [3.8, 4) is 0 Å². The van der Waals surface area contributed by atoms with Crippen molar-refractivity contribution >= 4 is 17.8 Å². The van der Waals surface area contributed by atoms with Gasteiger partial charge in [0.15, 0.2) is 0 Å². The second-order valence-electron chi connectivity index (χ2n) is 4.76. The van der Waals surface area contributed by atoms with Crippen molar-refractivity contribution in [1.29, 1.82) is 0 Å². The van der Waals surface area contributed by atoms with Crippen LogP contribution >= 0.6 is 0 Å². The first-order chi connectivity index (χ1) is 9.82. The second-order valence-corrected chi connectivity index (χ2v) is 4.76. The Hall–Kier alpha value is -2.41. The van der Waals surface area contributed by atoms with E-state index < -0.39 is 36.3 Å². The first-order valence-corrected chi connectivity index (χ1v) is 6.40. The molecule has 1 aromatic carbocycles. The number of nitrogens with two attached hydrogens (primary N) is 2. The van der Waals surface area contributed by atoms with E-state index in [1.165, 1.54) is 7.05 Å². The number of hydrogen-bond acceptors (Lipinski definition) is 4. The van der Waals surface area contributed by atoms with Gasteiger partial charge in [0.05, 0.1) is 12.5 Å². The zero-order valence-corrected chi connectivity index (χ0v) is 11.7. The summed E-state index contributed by atoms with van der Waals surface area (Å²) in [4.78, 5) is 35.3. The molecule has 0 fully saturated rings. The zero-order valence-electron chi connectivity index (χ0n) is 11.7. The zero-order chi connectivity index (χ0) is 16.0. The van der Waals surface area contributed by atoms with Crippen LogP contribution in [0, 0.1) is 0 Å². The Labute approximate surface area is 122 Å². The van der Waals surface area contributed by atoms with Gasteiger partial charge in [0.2, 0.25) is 11.8 Å². The average molecular weight is 293 g/mol. The quantitative estimate of drug-likeness (QED) is 0.615. The minimum atomic E-state index is -1.20. The summed E-state index contributed by atoms with van der Waals surface area (Å²) >= 11 is 0. The summed E-state index contributed by atoms with van der Waals surface area (Å²) in [5.74, 6) is -2.47. The minimum absolute atomic E-state index is 0.248. The number of carbonyl (C=O) groups excluding carboxylic acids is 2. The number of benzene rings is 1. The van der Waals surface area contributed by atoms with Crippen LogP contribution in [0.15, 0.2) is 30.3 Å². The van der Waals surface area contributed by atoms with Crippen molar-refractivity contribution in [2.75, 3.05) is 7.05 Å². The number of nitrogens with zero attached hydrogens (tertiary/aromatic N) is 1. The standard InChI is InChI=1S/C14H19N3O4/c1-17(14(21)10(15)8-12(18)19)11(13(16)20)7-9-5-3-2-4-6-9/h2-6,10-11H,7-8,15H2,1H3,(H2,16,20)(H,18,19)/t10-,11-/m0/s1. The minimum Gasteiger partial charge on any atom is -0.481 e. The maximum atomic E-state index is 12.0. The Morgan fingerprint density at radius 1 is 1.24 bits per heavy atom. The lowest BCUT2D eigenvalue weighted by molar-refractivity contribution is -0.143. The third-order valence-electron chi connectivity index (χ3n) is 3.13. The van der Waals surface area contributed by atoms with Gasteiger partial charge in [-0.1, -0.05) is 30.3 Å². The molecule has 7 nitrogen and oxygen atoms in total. The molecule has 0 aliphatic heterocycles. The third kappa shape index (κ3) is 4.88. The molecule has 114 valence electrons. The lowest BCUT2D eigenvalue weighted by Gasteiger charge is -2.27. The van der Waals surface area contributed by atoms with E-state index >= 15 is 0 Å². The molecule has 2 atom stereocenters. The maximum Gasteiger partial charge on any atom is 0.305 e. The average Bonchev–Trinajstić information content (AvgIpc) is 2.43. The summed E-state index contributed by atoms with van der Waals surface area (Å²) in [5, 5.41) is 8.66. The van der Waals surface area contributed by atoms with Gasteiger partial charge in [-0.3, -0.25) is 14.4 Å². The first-order valence-electron chi connectivity index (χ1n) is 6.40. The maximum absolute atomic E-state index is 12.0. The van der Waals surface area contributed by atoms with Crippen molar-refractivity contribution in [3.05, 3.63) is 35.9 Å². The van der Waals surface area contributed by atoms with Gasteiger partial charge in [-0.2, -0.15) is 0 Å². The molecule has 0 bridgehead atoms. The largest absolute Gasteiger partial charge is 0.481 e. The fourth-order valence-corrected chi connectivity index (χ4v) is 1.96. The van der Waals surface area contributed by atoms with Crippen LogP contribution in [0.1, 0.15) is 12.0 Å². The van der Waals surface area contributed by atoms with Crippen LogP contribution in [0.4, 0.5) is 0 Å². The van der Waals surface area contributed by atoms with Crippen molar-refractivity contribution in [3.63, 3.8) is 0 Å². The highest BCUT2D eigenvalue weighted by Gasteiger charge is 2.29. The van der Waals surface area contributed by atoms with Crippen LogP contribution in [0.3, 0.4) is 0 Å². The summed E-state index contributed by atoms with van der Waals surface area (Å²) in [6.07, 6.45) is -0.252. The predicted molar refractivity (Wildman–Crippen MR) is 76.1 cm³/mol. The topological polar surface area (TPSA) is 127 Å². The highest BCUT2D eigenvalue weighted by molar-refractivity contribution is 5.90. The van der Waals surface area contributed by atoms with Crippen molar-refractivity contribution in [1.82, 2.24) is 4.90 Å². The number of aliphatic carboxylic acids is 1. The molecule has 0 radical (unpaired) electrons. The van der Waals surface area contributed by atoms with Gasteiger partial charge in [0.25, 0.3) is 0 Å². The Morgan fingerprint density at radius 2 is 1.81 bits per heavy atom. The predicted octanol–water partition coefficient (Wildman–Crippen LogP) is -0.657. The highest BCUT2D eigenvalue weighted by atomic mass is 16.4. The number of primary amides is 1. The van der Waals surface area contributed by atoms with Gasteiger partial charge in [-0.05, 0) is 5.56 Å². The fraction of sp³-hybridized carbons (Fsp3) is 0.357. The Kier molecular flexibility index (Phi) is 5.86. The van der Waals surface area contributed by atoms with Gasteiger partial charge in [0.1, 0.15) is 6.04 Å². The fourth-order valence-electron chi connectivity index (χ4n) is 1.96. The molecule has 21 heavy (non-hydrogen) atoms. The number of amides is 2. The van der Waals surface area contributed by atoms with Crippen LogP contribution in [0.2, 0.25) is 0 Å². The van der Waals surface area contributed by atoms with Crippen molar-refractivity contribution in [2.24, 2.45) is 11.5 Å². The smallest absolute Gasteiger partial charge is 0.305 e. The van der Waals surface area contributed by atoms with Gasteiger partial charge in [-0.15, -0.1) is 0 Å². The normalized spacial score (nSPS) is 13.2. The van der Waals surface area contributed by atoms with Crippen molar-refractivity contribution < 1.29 is 19.5 Å². The van der Waals surface area contributed by atoms with Crippen LogP contribution in [0.25, 0.3) is 0 Å². The molecule has 0 saturated carbocycles. The number of likely N-dealkylation sites (N-methyl/N-ethyl adjacent to an activating group) is 1. The van der Waals surface area contributed by atoms with E-state index in [0.29, 0.717) is 0 Å². The number of carboxylic acid groups (broad SMARTS) is 1. The van der Waals surface area contributed by atoms with Crippen LogP contribution in [-0.4, -0.2) is 46.9 Å². The molecular weight excluding hydrogens is 274 g/mol. The molecule has 1 aromatic rings. The number of hydrogen-bond donors (Lipinski definition) is 3. The molecule has 0 heterocycles. The molecule has 0 aromatic heterocycles. The van der Waals surface area contributed by atoms with E-state index in [2.05, 4.69) is 0 Å². The molecule has 0 aliphatic carbocycles. The Balaban J connectivity index is 2.82. The second kappa shape index (κ2) is 7.39. The molecule has 1 rings (SSSR count). The summed E-state index contributed by atoms with van der Waals surface area (Å²) < 4.78 is 0. The van der Waals surface area contributed by atoms with Gasteiger partial charge in [-0.25, -0.2) is 0 Å². The summed E-state index contributed by atoms with van der Waals surface area (Å²) in [5.41, 5.74) is 11.7. The van der Waals surface area contributed by atoms with E-state index in [0.717, 1.165) is 10.5 Å². The lowest BCUT2D eigenvalue weighted by Crippen LogP contribution is -2.52. The van der Waals surface area contributed by atoms with E-state index in [9.17, 15) is 14.4 Å². The number of carbonyl (C=O) groups is 3. The molecule has 2 amide bonds. The monoisotopic (exact) mass is 293 g/mol. The molecule has 0 saturated heterocycles. The highest BCUT2D eigenvalue weighted by Crippen LogP contribution is 2.09. The van der Waals surface area contributed by atoms with Crippen LogP contribution in [0.5, 0.6) is 0 Å². The SMILES string of the molecule is CN(C(=O)[C@@H](N)CC(=O)O)[C@@H](Cc1ccccc1)C(N)=O. The summed E-state index contributed by atoms with van der Waals surface area (Å²) in [6.45, 7) is 0. The molecular formula is C14H19N3O4. The third-order valence-corrected chi connectivity index (χ3v) is 3.13. The van der Waals surface area contributed by atoms with E-state index in [1.54, 1.807) is 0 Å². The van der Waals surface area contributed by atoms with Crippen molar-refractivity contribution in [2.45, 2.75) is 24.9 Å². The van der Waals surface area contributed by atoms with E-state index in [4.69, 9.17) is 16.6 Å². The molecule has 0 spiro atoms. The van der Waals surface area contributed by atoms with Gasteiger partial charge < -0.3 is 21.5 Å².